The van der Waals surface area contributed by atoms with Gasteiger partial charge in [-0.05, 0) is 30.6 Å². The van der Waals surface area contributed by atoms with Crippen LogP contribution in [0.25, 0.3) is 0 Å². The second-order valence-corrected chi connectivity index (χ2v) is 8.94. The van der Waals surface area contributed by atoms with Crippen molar-refractivity contribution in [1.82, 2.24) is 5.32 Å². The number of carbonyl (C=O) groups is 1. The maximum atomic E-state index is 12.3. The first-order valence-electron chi connectivity index (χ1n) is 7.26. The molecule has 6 heteroatoms. The molecule has 1 saturated carbocycles. The van der Waals surface area contributed by atoms with Crippen LogP contribution in [0.5, 0.6) is 0 Å². The van der Waals surface area contributed by atoms with Crippen molar-refractivity contribution in [2.75, 3.05) is 18.6 Å². The summed E-state index contributed by atoms with van der Waals surface area (Å²) in [4.78, 5) is 12.3. The van der Waals surface area contributed by atoms with Crippen LogP contribution in [0.15, 0.2) is 0 Å². The molecule has 0 spiro atoms. The first-order chi connectivity index (χ1) is 9.05. The molecule has 1 aliphatic carbocycles. The highest BCUT2D eigenvalue weighted by atomic mass is 32.2. The van der Waals surface area contributed by atoms with Crippen LogP contribution < -0.4 is 11.1 Å². The molecule has 3 unspecified atom stereocenters. The standard InChI is InChI=1S/C14H28N2O3S/c1-10-12(15)7-6-11(14(10,2)3)13(17)16-8-5-9-20(4,18)19/h10-12H,5-9,15H2,1-4H3,(H,16,17). The fraction of sp³-hybridized carbons (Fsp3) is 0.929. The number of carbonyl (C=O) groups excluding carboxylic acids is 1. The van der Waals surface area contributed by atoms with E-state index in [4.69, 9.17) is 5.73 Å². The van der Waals surface area contributed by atoms with Crippen molar-refractivity contribution in [3.05, 3.63) is 0 Å². The minimum Gasteiger partial charge on any atom is -0.356 e. The number of nitrogens with two attached hydrogens (primary N) is 1. The van der Waals surface area contributed by atoms with E-state index in [1.54, 1.807) is 0 Å². The molecule has 1 fully saturated rings. The molecule has 1 amide bonds. The third-order valence-corrected chi connectivity index (χ3v) is 5.84. The summed E-state index contributed by atoms with van der Waals surface area (Å²) in [5, 5.41) is 2.87. The number of sulfone groups is 1. The minimum atomic E-state index is -2.95. The van der Waals surface area contributed by atoms with Crippen LogP contribution in [0.4, 0.5) is 0 Å². The molecule has 3 atom stereocenters. The zero-order chi connectivity index (χ0) is 15.6. The zero-order valence-corrected chi connectivity index (χ0v) is 13.8. The van der Waals surface area contributed by atoms with E-state index in [9.17, 15) is 13.2 Å². The molecule has 20 heavy (non-hydrogen) atoms. The zero-order valence-electron chi connectivity index (χ0n) is 13.0. The van der Waals surface area contributed by atoms with Gasteiger partial charge in [0.25, 0.3) is 0 Å². The van der Waals surface area contributed by atoms with Crippen LogP contribution in [0, 0.1) is 17.3 Å². The van der Waals surface area contributed by atoms with Crippen molar-refractivity contribution < 1.29 is 13.2 Å². The van der Waals surface area contributed by atoms with Crippen LogP contribution in [0.3, 0.4) is 0 Å². The van der Waals surface area contributed by atoms with Crippen molar-refractivity contribution in [1.29, 1.82) is 0 Å². The maximum Gasteiger partial charge on any atom is 0.223 e. The van der Waals surface area contributed by atoms with Gasteiger partial charge < -0.3 is 11.1 Å². The van der Waals surface area contributed by atoms with E-state index < -0.39 is 9.84 Å². The summed E-state index contributed by atoms with van der Waals surface area (Å²) in [6, 6.07) is 0.152. The second kappa shape index (κ2) is 6.43. The smallest absolute Gasteiger partial charge is 0.223 e. The molecule has 0 radical (unpaired) electrons. The van der Waals surface area contributed by atoms with Crippen LogP contribution in [-0.4, -0.2) is 38.9 Å². The highest BCUT2D eigenvalue weighted by Gasteiger charge is 2.44. The van der Waals surface area contributed by atoms with Crippen LogP contribution >= 0.6 is 0 Å². The molecule has 5 nitrogen and oxygen atoms in total. The average molecular weight is 304 g/mol. The molecule has 3 N–H and O–H groups in total. The van der Waals surface area contributed by atoms with E-state index in [-0.39, 0.29) is 29.0 Å². The van der Waals surface area contributed by atoms with E-state index >= 15 is 0 Å². The van der Waals surface area contributed by atoms with Crippen molar-refractivity contribution in [2.45, 2.75) is 46.1 Å². The summed E-state index contributed by atoms with van der Waals surface area (Å²) in [7, 11) is -2.95. The monoisotopic (exact) mass is 304 g/mol. The van der Waals surface area contributed by atoms with E-state index in [2.05, 4.69) is 26.1 Å². The Bertz CT molecular complexity index is 445. The summed E-state index contributed by atoms with van der Waals surface area (Å²) in [6.07, 6.45) is 3.34. The Morgan fingerprint density at radius 1 is 1.35 bits per heavy atom. The van der Waals surface area contributed by atoms with E-state index in [1.807, 2.05) is 0 Å². The van der Waals surface area contributed by atoms with Gasteiger partial charge in [0, 0.05) is 24.8 Å². The summed E-state index contributed by atoms with van der Waals surface area (Å²) < 4.78 is 22.1. The van der Waals surface area contributed by atoms with Crippen molar-refractivity contribution >= 4 is 15.7 Å². The Morgan fingerprint density at radius 3 is 2.50 bits per heavy atom. The van der Waals surface area contributed by atoms with Gasteiger partial charge in [-0.2, -0.15) is 0 Å². The minimum absolute atomic E-state index is 0.0299. The van der Waals surface area contributed by atoms with Gasteiger partial charge in [-0.25, -0.2) is 8.42 Å². The van der Waals surface area contributed by atoms with Gasteiger partial charge in [-0.1, -0.05) is 20.8 Å². The highest BCUT2D eigenvalue weighted by molar-refractivity contribution is 7.90. The van der Waals surface area contributed by atoms with Gasteiger partial charge in [0.15, 0.2) is 0 Å². The second-order valence-electron chi connectivity index (χ2n) is 6.68. The Hall–Kier alpha value is -0.620. The Morgan fingerprint density at radius 2 is 1.95 bits per heavy atom. The van der Waals surface area contributed by atoms with Crippen molar-refractivity contribution in [3.63, 3.8) is 0 Å². The van der Waals surface area contributed by atoms with Gasteiger partial charge in [0.05, 0.1) is 5.75 Å². The normalized spacial score (nSPS) is 29.9. The number of hydrogen-bond acceptors (Lipinski definition) is 4. The van der Waals surface area contributed by atoms with Gasteiger partial charge in [-0.15, -0.1) is 0 Å². The number of rotatable bonds is 5. The number of nitrogens with one attached hydrogen (secondary N) is 1. The molecule has 0 bridgehead atoms. The SMILES string of the molecule is CC1C(N)CCC(C(=O)NCCCS(C)(=O)=O)C1(C)C. The third kappa shape index (κ3) is 4.45. The van der Waals surface area contributed by atoms with Gasteiger partial charge in [0.2, 0.25) is 5.91 Å². The molecule has 0 heterocycles. The summed E-state index contributed by atoms with van der Waals surface area (Å²) in [5.41, 5.74) is 5.96. The van der Waals surface area contributed by atoms with E-state index in [0.717, 1.165) is 12.8 Å². The lowest BCUT2D eigenvalue weighted by Gasteiger charge is -2.46. The Labute approximate surface area is 122 Å². The fourth-order valence-electron chi connectivity index (χ4n) is 2.99. The largest absolute Gasteiger partial charge is 0.356 e. The third-order valence-electron chi connectivity index (χ3n) is 4.81. The van der Waals surface area contributed by atoms with Crippen LogP contribution in [0.1, 0.15) is 40.0 Å². The lowest BCUT2D eigenvalue weighted by atomic mass is 9.61. The molecule has 0 aromatic rings. The topological polar surface area (TPSA) is 89.3 Å². The van der Waals surface area contributed by atoms with Crippen molar-refractivity contribution in [2.24, 2.45) is 23.0 Å². The van der Waals surface area contributed by atoms with Crippen LogP contribution in [-0.2, 0) is 14.6 Å². The number of amides is 1. The van der Waals surface area contributed by atoms with Gasteiger partial charge in [-0.3, -0.25) is 4.79 Å². The Balaban J connectivity index is 2.51. The van der Waals surface area contributed by atoms with Crippen molar-refractivity contribution in [3.8, 4) is 0 Å². The highest BCUT2D eigenvalue weighted by Crippen LogP contribution is 2.44. The lowest BCUT2D eigenvalue weighted by Crippen LogP contribution is -2.51. The van der Waals surface area contributed by atoms with E-state index in [1.165, 1.54) is 6.26 Å². The predicted molar refractivity (Wildman–Crippen MR) is 81.0 cm³/mol. The molecule has 0 aromatic carbocycles. The van der Waals surface area contributed by atoms with Crippen LogP contribution in [0.2, 0.25) is 0 Å². The van der Waals surface area contributed by atoms with Gasteiger partial charge in [0.1, 0.15) is 9.84 Å². The summed E-state index contributed by atoms with van der Waals surface area (Å²) in [6.45, 7) is 6.71. The maximum absolute atomic E-state index is 12.3. The fourth-order valence-corrected chi connectivity index (χ4v) is 3.66. The molecule has 118 valence electrons. The van der Waals surface area contributed by atoms with E-state index in [0.29, 0.717) is 18.9 Å². The first kappa shape index (κ1) is 17.4. The molecule has 0 aliphatic heterocycles. The lowest BCUT2D eigenvalue weighted by molar-refractivity contribution is -0.132. The summed E-state index contributed by atoms with van der Waals surface area (Å²) >= 11 is 0. The molecule has 0 saturated heterocycles. The average Bonchev–Trinajstić information content (AvgIpc) is 2.30. The molecular formula is C14H28N2O3S. The molecular weight excluding hydrogens is 276 g/mol. The quantitative estimate of drug-likeness (QED) is 0.740. The molecule has 1 aliphatic rings. The predicted octanol–water partition coefficient (Wildman–Crippen LogP) is 0.937. The van der Waals surface area contributed by atoms with Gasteiger partial charge >= 0.3 is 0 Å². The summed E-state index contributed by atoms with van der Waals surface area (Å²) in [5.74, 6) is 0.392. The molecule has 1 rings (SSSR count). The number of hydrogen-bond donors (Lipinski definition) is 2. The molecule has 0 aromatic heterocycles. The Kier molecular flexibility index (Phi) is 5.61. The first-order valence-corrected chi connectivity index (χ1v) is 9.32.